The van der Waals surface area contributed by atoms with Gasteiger partial charge in [0.25, 0.3) is 11.8 Å². The highest BCUT2D eigenvalue weighted by atomic mass is 16.3. The number of likely N-dealkylation sites (N-methyl/N-ethyl adjacent to an activating group) is 1. The van der Waals surface area contributed by atoms with Crippen molar-refractivity contribution in [1.29, 1.82) is 0 Å². The number of carbonyl (C=O) groups is 4. The number of amides is 4. The number of aromatic hydroxyl groups is 1. The minimum atomic E-state index is -0.770. The predicted octanol–water partition coefficient (Wildman–Crippen LogP) is 2.77. The van der Waals surface area contributed by atoms with E-state index < -0.39 is 17.8 Å². The number of rotatable bonds is 4. The maximum absolute atomic E-state index is 12.8. The summed E-state index contributed by atoms with van der Waals surface area (Å²) in [6, 6.07) is 11.5. The lowest BCUT2D eigenvalue weighted by molar-refractivity contribution is -0.128. The number of hydrogen-bond acceptors (Lipinski definition) is 5. The Hall–Kier alpha value is -4.00. The third-order valence-electron chi connectivity index (χ3n) is 4.18. The van der Waals surface area contributed by atoms with Crippen LogP contribution in [0.15, 0.2) is 66.3 Å². The Morgan fingerprint density at radius 2 is 1.46 bits per heavy atom. The monoisotopic (exact) mass is 376 g/mol. The average Bonchev–Trinajstić information content (AvgIpc) is 2.71. The Morgan fingerprint density at radius 3 is 2.07 bits per heavy atom. The normalized spacial score (nSPS) is 16.3. The molecular formula is C21H16N2O5. The van der Waals surface area contributed by atoms with E-state index in [9.17, 15) is 24.3 Å². The topological polar surface area (TPSA) is 95.0 Å². The quantitative estimate of drug-likeness (QED) is 0.503. The number of benzene rings is 2. The van der Waals surface area contributed by atoms with Gasteiger partial charge in [-0.1, -0.05) is 24.3 Å². The lowest BCUT2D eigenvalue weighted by Crippen LogP contribution is -2.55. The summed E-state index contributed by atoms with van der Waals surface area (Å²) >= 11 is 0. The fourth-order valence-corrected chi connectivity index (χ4v) is 2.63. The molecule has 1 aliphatic heterocycles. The summed E-state index contributed by atoms with van der Waals surface area (Å²) in [5.74, 6) is -1.32. The molecule has 1 saturated heterocycles. The molecule has 0 saturated carbocycles. The Labute approximate surface area is 160 Å². The Balaban J connectivity index is 1.92. The molecule has 0 aromatic heterocycles. The highest BCUT2D eigenvalue weighted by Crippen LogP contribution is 2.24. The summed E-state index contributed by atoms with van der Waals surface area (Å²) < 4.78 is 0. The fraction of sp³-hybridized carbons (Fsp3) is 0.0476. The van der Waals surface area contributed by atoms with E-state index in [0.717, 1.165) is 15.4 Å². The van der Waals surface area contributed by atoms with Crippen LogP contribution in [-0.4, -0.2) is 41.2 Å². The SMILES string of the molecule is CN1C(=O)C(=CC=Cc2ccc(O)cc2)C(=O)N(c2ccc(C=O)cc2)C1=O. The van der Waals surface area contributed by atoms with Gasteiger partial charge in [-0.05, 0) is 48.0 Å². The maximum atomic E-state index is 12.8. The van der Waals surface area contributed by atoms with Gasteiger partial charge in [0.15, 0.2) is 0 Å². The summed E-state index contributed by atoms with van der Waals surface area (Å²) in [5.41, 5.74) is 1.25. The van der Waals surface area contributed by atoms with Crippen LogP contribution < -0.4 is 4.90 Å². The lowest BCUT2D eigenvalue weighted by Gasteiger charge is -2.31. The van der Waals surface area contributed by atoms with Crippen LogP contribution in [0.25, 0.3) is 6.08 Å². The number of anilines is 1. The van der Waals surface area contributed by atoms with Crippen molar-refractivity contribution in [2.45, 2.75) is 0 Å². The minimum absolute atomic E-state index is 0.129. The van der Waals surface area contributed by atoms with Crippen LogP contribution in [0.4, 0.5) is 10.5 Å². The summed E-state index contributed by atoms with van der Waals surface area (Å²) in [4.78, 5) is 50.2. The third-order valence-corrected chi connectivity index (χ3v) is 4.18. The second-order valence-corrected chi connectivity index (χ2v) is 6.03. The molecule has 2 aromatic rings. The molecule has 7 heteroatoms. The molecule has 1 N–H and O–H groups in total. The second kappa shape index (κ2) is 7.71. The molecule has 0 atom stereocenters. The van der Waals surface area contributed by atoms with Crippen LogP contribution in [0.3, 0.4) is 0 Å². The molecule has 1 fully saturated rings. The fourth-order valence-electron chi connectivity index (χ4n) is 2.63. The van der Waals surface area contributed by atoms with Gasteiger partial charge in [-0.15, -0.1) is 0 Å². The number of nitrogens with zero attached hydrogens (tertiary/aromatic N) is 2. The molecule has 140 valence electrons. The molecule has 0 radical (unpaired) electrons. The van der Waals surface area contributed by atoms with Gasteiger partial charge in [0.05, 0.1) is 5.69 Å². The molecule has 0 bridgehead atoms. The zero-order valence-electron chi connectivity index (χ0n) is 14.9. The van der Waals surface area contributed by atoms with Gasteiger partial charge in [0.1, 0.15) is 17.6 Å². The molecule has 7 nitrogen and oxygen atoms in total. The van der Waals surface area contributed by atoms with Crippen molar-refractivity contribution in [3.8, 4) is 5.75 Å². The number of barbiturate groups is 1. The number of allylic oxidation sites excluding steroid dienone is 2. The van der Waals surface area contributed by atoms with Crippen LogP contribution in [0.2, 0.25) is 0 Å². The highest BCUT2D eigenvalue weighted by molar-refractivity contribution is 6.37. The summed E-state index contributed by atoms with van der Waals surface area (Å²) in [5, 5.41) is 9.29. The summed E-state index contributed by atoms with van der Waals surface area (Å²) in [6.07, 6.45) is 5.17. The van der Waals surface area contributed by atoms with Gasteiger partial charge in [0, 0.05) is 12.6 Å². The van der Waals surface area contributed by atoms with E-state index in [0.29, 0.717) is 11.8 Å². The molecule has 1 heterocycles. The van der Waals surface area contributed by atoms with Gasteiger partial charge < -0.3 is 5.11 Å². The van der Waals surface area contributed by atoms with Crippen molar-refractivity contribution in [3.05, 3.63) is 77.4 Å². The number of aldehydes is 1. The van der Waals surface area contributed by atoms with Crippen molar-refractivity contribution in [2.75, 3.05) is 11.9 Å². The summed E-state index contributed by atoms with van der Waals surface area (Å²) in [7, 11) is 1.29. The van der Waals surface area contributed by atoms with Gasteiger partial charge >= 0.3 is 6.03 Å². The van der Waals surface area contributed by atoms with Crippen LogP contribution in [0, 0.1) is 0 Å². The molecule has 4 amide bonds. The molecule has 0 unspecified atom stereocenters. The lowest BCUT2D eigenvalue weighted by atomic mass is 10.1. The second-order valence-electron chi connectivity index (χ2n) is 6.03. The largest absolute Gasteiger partial charge is 0.508 e. The number of phenols is 1. The smallest absolute Gasteiger partial charge is 0.338 e. The van der Waals surface area contributed by atoms with Crippen LogP contribution in [0.5, 0.6) is 5.75 Å². The van der Waals surface area contributed by atoms with Crippen molar-refractivity contribution in [3.63, 3.8) is 0 Å². The molecule has 2 aromatic carbocycles. The minimum Gasteiger partial charge on any atom is -0.508 e. The number of carbonyl (C=O) groups excluding carboxylic acids is 4. The van der Waals surface area contributed by atoms with Crippen molar-refractivity contribution in [2.24, 2.45) is 0 Å². The molecular weight excluding hydrogens is 360 g/mol. The number of urea groups is 1. The van der Waals surface area contributed by atoms with Gasteiger partial charge in [-0.3, -0.25) is 19.3 Å². The first kappa shape index (κ1) is 18.8. The maximum Gasteiger partial charge on any atom is 0.338 e. The molecule has 3 rings (SSSR count). The Kier molecular flexibility index (Phi) is 5.17. The van der Waals surface area contributed by atoms with Crippen LogP contribution in [0.1, 0.15) is 15.9 Å². The first-order valence-electron chi connectivity index (χ1n) is 8.31. The summed E-state index contributed by atoms with van der Waals surface area (Å²) in [6.45, 7) is 0. The van der Waals surface area contributed by atoms with Gasteiger partial charge in [-0.2, -0.15) is 0 Å². The molecule has 0 aliphatic carbocycles. The predicted molar refractivity (Wildman–Crippen MR) is 103 cm³/mol. The highest BCUT2D eigenvalue weighted by Gasteiger charge is 2.40. The first-order chi connectivity index (χ1) is 13.4. The van der Waals surface area contributed by atoms with E-state index in [1.54, 1.807) is 18.2 Å². The van der Waals surface area contributed by atoms with Gasteiger partial charge in [0.2, 0.25) is 0 Å². The van der Waals surface area contributed by atoms with E-state index in [1.807, 2.05) is 0 Å². The third kappa shape index (κ3) is 3.59. The van der Waals surface area contributed by atoms with Crippen molar-refractivity contribution < 1.29 is 24.3 Å². The van der Waals surface area contributed by atoms with E-state index in [4.69, 9.17) is 0 Å². The number of phenolic OH excluding ortho intramolecular Hbond substituents is 1. The Morgan fingerprint density at radius 1 is 0.857 bits per heavy atom. The average molecular weight is 376 g/mol. The molecule has 0 spiro atoms. The Bertz CT molecular complexity index is 1000. The van der Waals surface area contributed by atoms with Crippen LogP contribution >= 0.6 is 0 Å². The van der Waals surface area contributed by atoms with E-state index >= 15 is 0 Å². The molecule has 28 heavy (non-hydrogen) atoms. The van der Waals surface area contributed by atoms with Crippen molar-refractivity contribution >= 4 is 35.9 Å². The zero-order chi connectivity index (χ0) is 20.3. The van der Waals surface area contributed by atoms with Gasteiger partial charge in [-0.25, -0.2) is 9.69 Å². The number of imide groups is 2. The molecule has 1 aliphatic rings. The standard InChI is InChI=1S/C21H16N2O5/c1-22-19(26)18(4-2-3-14-7-11-17(25)12-8-14)20(27)23(21(22)28)16-9-5-15(13-24)6-10-16/h2-13,25H,1H3. The van der Waals surface area contributed by atoms with E-state index in [2.05, 4.69) is 0 Å². The van der Waals surface area contributed by atoms with Crippen molar-refractivity contribution in [1.82, 2.24) is 4.90 Å². The van der Waals surface area contributed by atoms with E-state index in [-0.39, 0.29) is 17.0 Å². The van der Waals surface area contributed by atoms with E-state index in [1.165, 1.54) is 55.6 Å². The zero-order valence-corrected chi connectivity index (χ0v) is 14.9. The number of hydrogen-bond donors (Lipinski definition) is 1. The first-order valence-corrected chi connectivity index (χ1v) is 8.31. The van der Waals surface area contributed by atoms with Crippen LogP contribution in [-0.2, 0) is 9.59 Å².